The predicted molar refractivity (Wildman–Crippen MR) is 55.3 cm³/mol. The first-order valence-electron chi connectivity index (χ1n) is 4.28. The molecule has 0 aliphatic carbocycles. The third-order valence-electron chi connectivity index (χ3n) is 1.87. The fourth-order valence-corrected chi connectivity index (χ4v) is 1.02. The van der Waals surface area contributed by atoms with Gasteiger partial charge in [0.1, 0.15) is 11.9 Å². The lowest BCUT2D eigenvalue weighted by atomic mass is 10.1. The van der Waals surface area contributed by atoms with Crippen LogP contribution in [0, 0.1) is 0 Å². The number of phenolic OH excluding ortho intramolecular Hbond substituents is 1. The van der Waals surface area contributed by atoms with Gasteiger partial charge in [-0.2, -0.15) is 0 Å². The zero-order chi connectivity index (χ0) is 10.6. The summed E-state index contributed by atoms with van der Waals surface area (Å²) in [6, 6.07) is 6.73. The molecule has 76 valence electrons. The summed E-state index contributed by atoms with van der Waals surface area (Å²) in [5.41, 5.74) is 11.6. The average molecular weight is 194 g/mol. The van der Waals surface area contributed by atoms with Crippen molar-refractivity contribution >= 4 is 6.08 Å². The minimum absolute atomic E-state index is 0.0654. The maximum Gasteiger partial charge on any atom is 0.122 e. The molecule has 1 atom stereocenters. The Hall–Kier alpha value is -1.52. The molecule has 0 saturated carbocycles. The summed E-state index contributed by atoms with van der Waals surface area (Å²) in [4.78, 5) is 0. The van der Waals surface area contributed by atoms with Crippen molar-refractivity contribution in [1.29, 1.82) is 0 Å². The first-order chi connectivity index (χ1) is 6.65. The lowest BCUT2D eigenvalue weighted by Gasteiger charge is -2.08. The van der Waals surface area contributed by atoms with Gasteiger partial charge in [0.05, 0.1) is 0 Å². The van der Waals surface area contributed by atoms with Crippen LogP contribution in [0.4, 0.5) is 0 Å². The van der Waals surface area contributed by atoms with Crippen LogP contribution in [-0.2, 0) is 0 Å². The van der Waals surface area contributed by atoms with E-state index in [1.54, 1.807) is 24.3 Å². The second-order valence-electron chi connectivity index (χ2n) is 2.95. The number of hydrogen-bond acceptors (Lipinski definition) is 4. The molecule has 0 radical (unpaired) electrons. The van der Waals surface area contributed by atoms with Crippen LogP contribution in [0.3, 0.4) is 0 Å². The van der Waals surface area contributed by atoms with Gasteiger partial charge in [-0.25, -0.2) is 0 Å². The number of aliphatic hydroxyl groups is 1. The minimum atomic E-state index is -0.866. The van der Waals surface area contributed by atoms with Crippen LogP contribution in [-0.4, -0.2) is 22.9 Å². The number of hydrogen-bond donors (Lipinski definition) is 4. The highest BCUT2D eigenvalue weighted by atomic mass is 16.3. The molecule has 0 bridgehead atoms. The van der Waals surface area contributed by atoms with Crippen LogP contribution in [0.2, 0.25) is 0 Å². The summed E-state index contributed by atoms with van der Waals surface area (Å²) in [5.74, 6) is 0.125. The van der Waals surface area contributed by atoms with E-state index in [4.69, 9.17) is 11.5 Å². The van der Waals surface area contributed by atoms with Crippen LogP contribution >= 0.6 is 0 Å². The molecule has 0 saturated heterocycles. The van der Waals surface area contributed by atoms with Gasteiger partial charge in [0, 0.05) is 17.8 Å². The van der Waals surface area contributed by atoms with E-state index >= 15 is 0 Å². The van der Waals surface area contributed by atoms with E-state index in [1.807, 2.05) is 0 Å². The van der Waals surface area contributed by atoms with Crippen molar-refractivity contribution in [3.63, 3.8) is 0 Å². The van der Waals surface area contributed by atoms with Crippen molar-refractivity contribution in [2.45, 2.75) is 6.10 Å². The Kier molecular flexibility index (Phi) is 3.50. The molecule has 6 N–H and O–H groups in total. The van der Waals surface area contributed by atoms with Crippen LogP contribution in [0.15, 0.2) is 30.0 Å². The average Bonchev–Trinajstić information content (AvgIpc) is 2.20. The first-order valence-corrected chi connectivity index (χ1v) is 4.28. The van der Waals surface area contributed by atoms with Gasteiger partial charge < -0.3 is 21.7 Å². The van der Waals surface area contributed by atoms with E-state index in [-0.39, 0.29) is 18.0 Å². The number of aromatic hydroxyl groups is 1. The Morgan fingerprint density at radius 2 is 2.07 bits per heavy atom. The number of benzene rings is 1. The van der Waals surface area contributed by atoms with Gasteiger partial charge in [-0.15, -0.1) is 0 Å². The van der Waals surface area contributed by atoms with Gasteiger partial charge >= 0.3 is 0 Å². The summed E-state index contributed by atoms with van der Waals surface area (Å²) in [5, 5.41) is 18.7. The Bertz CT molecular complexity index is 337. The topological polar surface area (TPSA) is 92.5 Å². The molecule has 1 rings (SSSR count). The minimum Gasteiger partial charge on any atom is -0.507 e. The van der Waals surface area contributed by atoms with E-state index in [9.17, 15) is 10.2 Å². The zero-order valence-electron chi connectivity index (χ0n) is 7.72. The van der Waals surface area contributed by atoms with Crippen molar-refractivity contribution in [2.24, 2.45) is 11.5 Å². The molecule has 0 heterocycles. The van der Waals surface area contributed by atoms with Crippen LogP contribution in [0.5, 0.6) is 5.75 Å². The SMILES string of the molecule is NCC(O)C(N)=Cc1ccccc1O. The van der Waals surface area contributed by atoms with E-state index in [2.05, 4.69) is 0 Å². The molecule has 0 spiro atoms. The highest BCUT2D eigenvalue weighted by Crippen LogP contribution is 2.18. The lowest BCUT2D eigenvalue weighted by molar-refractivity contribution is 0.218. The molecule has 1 aromatic carbocycles. The summed E-state index contributed by atoms with van der Waals surface area (Å²) in [6.45, 7) is 0.0654. The largest absolute Gasteiger partial charge is 0.507 e. The molecule has 0 amide bonds. The van der Waals surface area contributed by atoms with E-state index in [0.717, 1.165) is 0 Å². The molecule has 4 heteroatoms. The highest BCUT2D eigenvalue weighted by molar-refractivity contribution is 5.59. The molecule has 1 unspecified atom stereocenters. The van der Waals surface area contributed by atoms with E-state index in [0.29, 0.717) is 5.56 Å². The fraction of sp³-hybridized carbons (Fsp3) is 0.200. The van der Waals surface area contributed by atoms with E-state index in [1.165, 1.54) is 6.08 Å². The molecule has 1 aromatic rings. The molecule has 0 aromatic heterocycles. The normalized spacial score (nSPS) is 14.0. The van der Waals surface area contributed by atoms with Gasteiger partial charge in [-0.3, -0.25) is 0 Å². The molecule has 0 aliphatic heterocycles. The maximum absolute atomic E-state index is 9.40. The van der Waals surface area contributed by atoms with Crippen molar-refractivity contribution in [1.82, 2.24) is 0 Å². The third kappa shape index (κ3) is 2.48. The summed E-state index contributed by atoms with van der Waals surface area (Å²) in [6.07, 6.45) is 0.641. The van der Waals surface area contributed by atoms with Crippen molar-refractivity contribution in [2.75, 3.05) is 6.54 Å². The summed E-state index contributed by atoms with van der Waals surface area (Å²) < 4.78 is 0. The fourth-order valence-electron chi connectivity index (χ4n) is 1.02. The quantitative estimate of drug-likeness (QED) is 0.545. The van der Waals surface area contributed by atoms with Crippen LogP contribution < -0.4 is 11.5 Å². The number of phenols is 1. The molecule has 14 heavy (non-hydrogen) atoms. The number of aliphatic hydroxyl groups excluding tert-OH is 1. The highest BCUT2D eigenvalue weighted by Gasteiger charge is 2.05. The number of rotatable bonds is 3. The first kappa shape index (κ1) is 10.6. The second-order valence-corrected chi connectivity index (χ2v) is 2.95. The van der Waals surface area contributed by atoms with Gasteiger partial charge in [0.25, 0.3) is 0 Å². The molecule has 0 aliphatic rings. The smallest absolute Gasteiger partial charge is 0.122 e. The molecular weight excluding hydrogens is 180 g/mol. The van der Waals surface area contributed by atoms with Gasteiger partial charge in [-0.1, -0.05) is 18.2 Å². The standard InChI is InChI=1S/C10H14N2O2/c11-6-10(14)8(12)5-7-3-1-2-4-9(7)13/h1-5,10,13-14H,6,11-12H2. The van der Waals surface area contributed by atoms with Gasteiger partial charge in [-0.05, 0) is 12.1 Å². The number of para-hydroxylation sites is 1. The van der Waals surface area contributed by atoms with Gasteiger partial charge in [0.15, 0.2) is 0 Å². The van der Waals surface area contributed by atoms with Crippen LogP contribution in [0.1, 0.15) is 5.56 Å². The van der Waals surface area contributed by atoms with Gasteiger partial charge in [0.2, 0.25) is 0 Å². The molecule has 4 nitrogen and oxygen atoms in total. The summed E-state index contributed by atoms with van der Waals surface area (Å²) >= 11 is 0. The Morgan fingerprint density at radius 3 is 2.64 bits per heavy atom. The van der Waals surface area contributed by atoms with Crippen LogP contribution in [0.25, 0.3) is 6.08 Å². The third-order valence-corrected chi connectivity index (χ3v) is 1.87. The summed E-state index contributed by atoms with van der Waals surface area (Å²) in [7, 11) is 0. The molecule has 0 fully saturated rings. The van der Waals surface area contributed by atoms with Crippen molar-refractivity contribution < 1.29 is 10.2 Å². The lowest BCUT2D eigenvalue weighted by Crippen LogP contribution is -2.26. The zero-order valence-corrected chi connectivity index (χ0v) is 7.72. The Balaban J connectivity index is 2.91. The predicted octanol–water partition coefficient (Wildman–Crippen LogP) is 0.0114. The molecular formula is C10H14N2O2. The number of nitrogens with two attached hydrogens (primary N) is 2. The van der Waals surface area contributed by atoms with E-state index < -0.39 is 6.10 Å². The maximum atomic E-state index is 9.40. The van der Waals surface area contributed by atoms with Crippen molar-refractivity contribution in [3.05, 3.63) is 35.5 Å². The Morgan fingerprint density at radius 1 is 1.43 bits per heavy atom. The van der Waals surface area contributed by atoms with Crippen molar-refractivity contribution in [3.8, 4) is 5.75 Å². The second kappa shape index (κ2) is 4.64. The Labute approximate surface area is 82.5 Å². The monoisotopic (exact) mass is 194 g/mol.